The number of hydrogen-bond acceptors (Lipinski definition) is 8. The van der Waals surface area contributed by atoms with Crippen molar-refractivity contribution >= 4 is 22.3 Å². The van der Waals surface area contributed by atoms with E-state index in [1.54, 1.807) is 30.5 Å². The number of piperazine rings is 1. The van der Waals surface area contributed by atoms with E-state index >= 15 is 0 Å². The quantitative estimate of drug-likeness (QED) is 0.348. The number of anilines is 1. The summed E-state index contributed by atoms with van der Waals surface area (Å²) in [6.07, 6.45) is 1.67. The molecular weight excluding hydrogens is 408 g/mol. The Morgan fingerprint density at radius 1 is 1.06 bits per heavy atom. The normalized spacial score (nSPS) is 14.7. The zero-order valence-corrected chi connectivity index (χ0v) is 17.6. The summed E-state index contributed by atoms with van der Waals surface area (Å²) in [5.74, 6) is 1.19. The first-order valence-electron chi connectivity index (χ1n) is 10.5. The van der Waals surface area contributed by atoms with Gasteiger partial charge in [-0.1, -0.05) is 35.0 Å². The van der Waals surface area contributed by atoms with Gasteiger partial charge in [0, 0.05) is 44.0 Å². The van der Waals surface area contributed by atoms with Gasteiger partial charge in [0.15, 0.2) is 0 Å². The predicted molar refractivity (Wildman–Crippen MR) is 120 cm³/mol. The molecule has 1 saturated heterocycles. The minimum atomic E-state index is -0.360. The molecule has 5 rings (SSSR count). The highest BCUT2D eigenvalue weighted by atomic mass is 16.6. The van der Waals surface area contributed by atoms with Crippen LogP contribution in [0.15, 0.2) is 59.3 Å². The lowest BCUT2D eigenvalue weighted by Crippen LogP contribution is -2.46. The molecule has 1 fully saturated rings. The van der Waals surface area contributed by atoms with Gasteiger partial charge in [-0.15, -0.1) is 0 Å². The maximum atomic E-state index is 11.4. The third kappa shape index (κ3) is 3.90. The van der Waals surface area contributed by atoms with Crippen molar-refractivity contribution in [3.05, 3.63) is 76.3 Å². The summed E-state index contributed by atoms with van der Waals surface area (Å²) in [7, 11) is 0. The maximum Gasteiger partial charge on any atom is 0.278 e. The molecule has 162 valence electrons. The fourth-order valence-corrected chi connectivity index (χ4v) is 4.03. The van der Waals surface area contributed by atoms with Gasteiger partial charge < -0.3 is 9.42 Å². The van der Waals surface area contributed by atoms with E-state index in [-0.39, 0.29) is 10.6 Å². The topological polar surface area (TPSA) is 101 Å². The van der Waals surface area contributed by atoms with Gasteiger partial charge in [0.25, 0.3) is 5.69 Å². The van der Waals surface area contributed by atoms with Gasteiger partial charge in [-0.25, -0.2) is 0 Å². The van der Waals surface area contributed by atoms with Crippen LogP contribution < -0.4 is 4.90 Å². The molecule has 0 atom stereocenters. The van der Waals surface area contributed by atoms with E-state index in [0.717, 1.165) is 37.4 Å². The molecule has 9 nitrogen and oxygen atoms in total. The Hall–Kier alpha value is -3.85. The molecule has 1 aliphatic heterocycles. The third-order valence-electron chi connectivity index (χ3n) is 5.77. The summed E-state index contributed by atoms with van der Waals surface area (Å²) in [6, 6.07) is 14.9. The van der Waals surface area contributed by atoms with Gasteiger partial charge in [0.05, 0.1) is 22.5 Å². The van der Waals surface area contributed by atoms with Crippen molar-refractivity contribution in [1.29, 1.82) is 0 Å². The van der Waals surface area contributed by atoms with Crippen molar-refractivity contribution in [1.82, 2.24) is 20.0 Å². The van der Waals surface area contributed by atoms with Crippen LogP contribution >= 0.6 is 0 Å². The summed E-state index contributed by atoms with van der Waals surface area (Å²) in [6.45, 7) is 5.82. The molecule has 0 amide bonds. The van der Waals surface area contributed by atoms with Crippen LogP contribution in [0.4, 0.5) is 11.4 Å². The second-order valence-corrected chi connectivity index (χ2v) is 7.90. The molecule has 4 aromatic rings. The Kier molecular flexibility index (Phi) is 5.24. The maximum absolute atomic E-state index is 11.4. The number of nitro benzene ring substituents is 1. The number of pyridine rings is 1. The van der Waals surface area contributed by atoms with Crippen LogP contribution in [0.25, 0.3) is 22.3 Å². The first-order chi connectivity index (χ1) is 15.6. The molecule has 2 aromatic carbocycles. The molecule has 0 radical (unpaired) electrons. The number of aromatic nitrogens is 3. The lowest BCUT2D eigenvalue weighted by molar-refractivity contribution is -0.383. The van der Waals surface area contributed by atoms with Gasteiger partial charge in [-0.3, -0.25) is 20.0 Å². The molecule has 0 aliphatic carbocycles. The van der Waals surface area contributed by atoms with E-state index in [2.05, 4.69) is 24.9 Å². The number of fused-ring (bicyclic) bond motifs is 1. The molecule has 9 heteroatoms. The molecule has 0 saturated carbocycles. The van der Waals surface area contributed by atoms with Crippen molar-refractivity contribution in [2.75, 3.05) is 31.1 Å². The number of rotatable bonds is 5. The van der Waals surface area contributed by atoms with Crippen LogP contribution in [0.5, 0.6) is 0 Å². The molecule has 32 heavy (non-hydrogen) atoms. The molecule has 1 aliphatic rings. The van der Waals surface area contributed by atoms with Gasteiger partial charge in [0.2, 0.25) is 11.7 Å². The predicted octanol–water partition coefficient (Wildman–Crippen LogP) is 3.82. The SMILES string of the molecule is Cc1ccc(-c2noc(CN3CCN(c4ccc([N+](=O)[O-])c5cccnc45)CC3)n2)cc1. The van der Waals surface area contributed by atoms with Crippen LogP contribution in [0.1, 0.15) is 11.5 Å². The van der Waals surface area contributed by atoms with Crippen molar-refractivity contribution in [2.24, 2.45) is 0 Å². The van der Waals surface area contributed by atoms with Crippen LogP contribution in [0.3, 0.4) is 0 Å². The third-order valence-corrected chi connectivity index (χ3v) is 5.77. The Balaban J connectivity index is 1.27. The standard InChI is InChI=1S/C23H22N6O3/c1-16-4-6-17(7-5-16)23-25-21(32-26-23)15-27-11-13-28(14-12-27)20-9-8-19(29(30)31)18-3-2-10-24-22(18)20/h2-10H,11-15H2,1H3. The molecular formula is C23H22N6O3. The van der Waals surface area contributed by atoms with E-state index in [0.29, 0.717) is 29.2 Å². The highest BCUT2D eigenvalue weighted by Gasteiger charge is 2.23. The Labute approximate surface area is 184 Å². The second kappa shape index (κ2) is 8.35. The summed E-state index contributed by atoms with van der Waals surface area (Å²) >= 11 is 0. The van der Waals surface area contributed by atoms with Crippen molar-refractivity contribution in [3.8, 4) is 11.4 Å². The molecule has 0 unspecified atom stereocenters. The minimum absolute atomic E-state index is 0.0799. The first-order valence-corrected chi connectivity index (χ1v) is 10.5. The molecule has 2 aromatic heterocycles. The van der Waals surface area contributed by atoms with E-state index in [4.69, 9.17) is 4.52 Å². The van der Waals surface area contributed by atoms with E-state index in [1.165, 1.54) is 5.56 Å². The summed E-state index contributed by atoms with van der Waals surface area (Å²) in [5.41, 5.74) is 3.79. The average Bonchev–Trinajstić information content (AvgIpc) is 3.28. The van der Waals surface area contributed by atoms with E-state index in [9.17, 15) is 10.1 Å². The van der Waals surface area contributed by atoms with Crippen LogP contribution in [0, 0.1) is 17.0 Å². The number of hydrogen-bond donors (Lipinski definition) is 0. The van der Waals surface area contributed by atoms with Gasteiger partial charge in [0.1, 0.15) is 5.52 Å². The largest absolute Gasteiger partial charge is 0.367 e. The second-order valence-electron chi connectivity index (χ2n) is 7.90. The van der Waals surface area contributed by atoms with E-state index in [1.807, 2.05) is 31.2 Å². The Bertz CT molecular complexity index is 1260. The summed E-state index contributed by atoms with van der Waals surface area (Å²) in [4.78, 5) is 24.5. The number of benzene rings is 2. The number of nitro groups is 1. The van der Waals surface area contributed by atoms with Gasteiger partial charge in [-0.2, -0.15) is 4.98 Å². The van der Waals surface area contributed by atoms with E-state index < -0.39 is 0 Å². The smallest absolute Gasteiger partial charge is 0.278 e. The summed E-state index contributed by atoms with van der Waals surface area (Å²) in [5, 5.41) is 16.0. The average molecular weight is 430 g/mol. The highest BCUT2D eigenvalue weighted by Crippen LogP contribution is 2.32. The van der Waals surface area contributed by atoms with Crippen LogP contribution in [-0.4, -0.2) is 51.1 Å². The van der Waals surface area contributed by atoms with Crippen molar-refractivity contribution in [2.45, 2.75) is 13.5 Å². The van der Waals surface area contributed by atoms with Crippen molar-refractivity contribution < 1.29 is 9.45 Å². The van der Waals surface area contributed by atoms with Crippen LogP contribution in [-0.2, 0) is 6.54 Å². The molecule has 0 N–H and O–H groups in total. The molecule has 0 bridgehead atoms. The zero-order valence-electron chi connectivity index (χ0n) is 17.6. The number of nitrogens with zero attached hydrogens (tertiary/aromatic N) is 6. The molecule has 3 heterocycles. The number of aryl methyl sites for hydroxylation is 1. The molecule has 0 spiro atoms. The lowest BCUT2D eigenvalue weighted by atomic mass is 10.1. The zero-order chi connectivity index (χ0) is 22.1. The van der Waals surface area contributed by atoms with Crippen LogP contribution in [0.2, 0.25) is 0 Å². The monoisotopic (exact) mass is 430 g/mol. The Morgan fingerprint density at radius 2 is 1.84 bits per heavy atom. The Morgan fingerprint density at radius 3 is 2.59 bits per heavy atom. The summed E-state index contributed by atoms with van der Waals surface area (Å²) < 4.78 is 5.47. The van der Waals surface area contributed by atoms with Crippen molar-refractivity contribution in [3.63, 3.8) is 0 Å². The van der Waals surface area contributed by atoms with Gasteiger partial charge in [-0.05, 0) is 25.1 Å². The minimum Gasteiger partial charge on any atom is -0.367 e. The fraction of sp³-hybridized carbons (Fsp3) is 0.261. The lowest BCUT2D eigenvalue weighted by Gasteiger charge is -2.35. The first kappa shape index (κ1) is 20.1. The highest BCUT2D eigenvalue weighted by molar-refractivity contribution is 5.97. The fourth-order valence-electron chi connectivity index (χ4n) is 4.03. The van der Waals surface area contributed by atoms with Gasteiger partial charge >= 0.3 is 0 Å². The number of non-ortho nitro benzene ring substituents is 1.